The van der Waals surface area contributed by atoms with Gasteiger partial charge in [-0.3, -0.25) is 4.79 Å². The van der Waals surface area contributed by atoms with Crippen LogP contribution in [0, 0.1) is 5.92 Å². The number of esters is 1. The Morgan fingerprint density at radius 1 is 1.12 bits per heavy atom. The third-order valence-corrected chi connectivity index (χ3v) is 3.74. The van der Waals surface area contributed by atoms with E-state index >= 15 is 0 Å². The molecular formula is C20H29NO5. The number of nitrogens with one attached hydrogen (secondary N) is 1. The number of amides is 1. The van der Waals surface area contributed by atoms with Crippen LogP contribution in [0.2, 0.25) is 0 Å². The van der Waals surface area contributed by atoms with E-state index in [2.05, 4.69) is 23.9 Å². The minimum absolute atomic E-state index is 0.0836. The van der Waals surface area contributed by atoms with Crippen LogP contribution < -0.4 is 14.8 Å². The Balaban J connectivity index is 2.59. The smallest absolute Gasteiger partial charge is 0.330 e. The predicted molar refractivity (Wildman–Crippen MR) is 101 cm³/mol. The van der Waals surface area contributed by atoms with Crippen LogP contribution in [0.15, 0.2) is 24.3 Å². The van der Waals surface area contributed by atoms with Crippen LogP contribution in [0.25, 0.3) is 6.08 Å². The van der Waals surface area contributed by atoms with E-state index in [1.54, 1.807) is 24.3 Å². The molecule has 0 spiro atoms. The summed E-state index contributed by atoms with van der Waals surface area (Å²) >= 11 is 0. The van der Waals surface area contributed by atoms with E-state index in [0.717, 1.165) is 18.4 Å². The lowest BCUT2D eigenvalue weighted by molar-refractivity contribution is -0.134. The molecule has 26 heavy (non-hydrogen) atoms. The Morgan fingerprint density at radius 2 is 1.85 bits per heavy atom. The van der Waals surface area contributed by atoms with E-state index in [0.29, 0.717) is 17.4 Å². The SMILES string of the molecule is COC(=O)C=Cc1ccc(OCC(=O)NC(C)CCC(C)C)c(OC)c1. The van der Waals surface area contributed by atoms with Gasteiger partial charge in [-0.15, -0.1) is 0 Å². The maximum Gasteiger partial charge on any atom is 0.330 e. The monoisotopic (exact) mass is 363 g/mol. The number of hydrogen-bond donors (Lipinski definition) is 1. The van der Waals surface area contributed by atoms with Gasteiger partial charge in [0.05, 0.1) is 14.2 Å². The van der Waals surface area contributed by atoms with Gasteiger partial charge in [-0.25, -0.2) is 4.79 Å². The van der Waals surface area contributed by atoms with E-state index < -0.39 is 5.97 Å². The van der Waals surface area contributed by atoms with Crippen molar-refractivity contribution < 1.29 is 23.8 Å². The molecule has 0 saturated carbocycles. The molecule has 0 bridgehead atoms. The first kappa shape index (κ1) is 21.5. The highest BCUT2D eigenvalue weighted by molar-refractivity contribution is 5.87. The maximum absolute atomic E-state index is 12.0. The lowest BCUT2D eigenvalue weighted by Gasteiger charge is -2.16. The van der Waals surface area contributed by atoms with Gasteiger partial charge in [-0.1, -0.05) is 19.9 Å². The third kappa shape index (κ3) is 8.05. The van der Waals surface area contributed by atoms with Crippen molar-refractivity contribution in [3.63, 3.8) is 0 Å². The number of benzene rings is 1. The van der Waals surface area contributed by atoms with Crippen molar-refractivity contribution in [2.24, 2.45) is 5.92 Å². The molecule has 1 aromatic rings. The quantitative estimate of drug-likeness (QED) is 0.510. The average molecular weight is 363 g/mol. The molecule has 1 unspecified atom stereocenters. The molecule has 144 valence electrons. The summed E-state index contributed by atoms with van der Waals surface area (Å²) in [5.41, 5.74) is 0.756. The standard InChI is InChI=1S/C20H29NO5/c1-14(2)6-7-15(3)21-19(22)13-26-17-10-8-16(12-18(17)24-4)9-11-20(23)25-5/h8-12,14-15H,6-7,13H2,1-5H3,(H,21,22). The minimum atomic E-state index is -0.437. The summed E-state index contributed by atoms with van der Waals surface area (Å²) in [5, 5.41) is 2.93. The first-order chi connectivity index (χ1) is 12.3. The number of hydrogen-bond acceptors (Lipinski definition) is 5. The molecule has 1 N–H and O–H groups in total. The van der Waals surface area contributed by atoms with Crippen molar-refractivity contribution >= 4 is 18.0 Å². The Bertz CT molecular complexity index is 625. The zero-order valence-electron chi connectivity index (χ0n) is 16.2. The first-order valence-corrected chi connectivity index (χ1v) is 8.72. The summed E-state index contributed by atoms with van der Waals surface area (Å²) in [7, 11) is 2.84. The number of methoxy groups -OCH3 is 2. The summed E-state index contributed by atoms with van der Waals surface area (Å²) in [6.45, 7) is 6.23. The van der Waals surface area contributed by atoms with Gasteiger partial charge in [-0.2, -0.15) is 0 Å². The highest BCUT2D eigenvalue weighted by Crippen LogP contribution is 2.28. The zero-order chi connectivity index (χ0) is 19.5. The first-order valence-electron chi connectivity index (χ1n) is 8.72. The maximum atomic E-state index is 12.0. The molecule has 6 nitrogen and oxygen atoms in total. The molecule has 1 aromatic carbocycles. The van der Waals surface area contributed by atoms with Crippen molar-refractivity contribution in [2.45, 2.75) is 39.7 Å². The van der Waals surface area contributed by atoms with Crippen LogP contribution in [0.1, 0.15) is 39.2 Å². The molecule has 0 aliphatic heterocycles. The van der Waals surface area contributed by atoms with Gasteiger partial charge in [0.25, 0.3) is 5.91 Å². The number of ether oxygens (including phenoxy) is 3. The number of carbonyl (C=O) groups is 2. The van der Waals surface area contributed by atoms with Crippen molar-refractivity contribution in [1.82, 2.24) is 5.32 Å². The molecule has 0 saturated heterocycles. The second-order valence-corrected chi connectivity index (χ2v) is 6.50. The molecule has 0 heterocycles. The summed E-state index contributed by atoms with van der Waals surface area (Å²) in [6.07, 6.45) is 4.94. The molecule has 0 aromatic heterocycles. The van der Waals surface area contributed by atoms with Crippen LogP contribution >= 0.6 is 0 Å². The van der Waals surface area contributed by atoms with Gasteiger partial charge in [0.15, 0.2) is 18.1 Å². The van der Waals surface area contributed by atoms with Crippen molar-refractivity contribution in [3.05, 3.63) is 29.8 Å². The summed E-state index contributed by atoms with van der Waals surface area (Å²) in [5.74, 6) is 0.956. The van der Waals surface area contributed by atoms with Crippen LogP contribution in [0.5, 0.6) is 11.5 Å². The van der Waals surface area contributed by atoms with Crippen LogP contribution in [0.3, 0.4) is 0 Å². The van der Waals surface area contributed by atoms with Crippen LogP contribution in [0.4, 0.5) is 0 Å². The average Bonchev–Trinajstić information content (AvgIpc) is 2.62. The molecular weight excluding hydrogens is 334 g/mol. The molecule has 0 fully saturated rings. The summed E-state index contributed by atoms with van der Waals surface area (Å²) < 4.78 is 15.4. The molecule has 0 aliphatic rings. The topological polar surface area (TPSA) is 73.9 Å². The lowest BCUT2D eigenvalue weighted by atomic mass is 10.0. The predicted octanol–water partition coefficient (Wildman–Crippen LogP) is 3.20. The van der Waals surface area contributed by atoms with E-state index in [9.17, 15) is 9.59 Å². The highest BCUT2D eigenvalue weighted by Gasteiger charge is 2.11. The van der Waals surface area contributed by atoms with Crippen molar-refractivity contribution in [2.75, 3.05) is 20.8 Å². The fourth-order valence-corrected chi connectivity index (χ4v) is 2.25. The molecule has 0 aliphatic carbocycles. The normalized spacial score (nSPS) is 12.1. The van der Waals surface area contributed by atoms with Crippen molar-refractivity contribution in [3.8, 4) is 11.5 Å². The van der Waals surface area contributed by atoms with Gasteiger partial charge in [-0.05, 0) is 49.5 Å². The van der Waals surface area contributed by atoms with Gasteiger partial charge >= 0.3 is 5.97 Å². The third-order valence-electron chi connectivity index (χ3n) is 3.74. The Morgan fingerprint density at radius 3 is 2.46 bits per heavy atom. The summed E-state index contributed by atoms with van der Waals surface area (Å²) in [4.78, 5) is 23.2. The van der Waals surface area contributed by atoms with Gasteiger partial charge < -0.3 is 19.5 Å². The number of rotatable bonds is 10. The molecule has 1 atom stereocenters. The van der Waals surface area contributed by atoms with Crippen LogP contribution in [-0.2, 0) is 14.3 Å². The second-order valence-electron chi connectivity index (χ2n) is 6.50. The van der Waals surface area contributed by atoms with E-state index in [4.69, 9.17) is 9.47 Å². The fraction of sp³-hybridized carbons (Fsp3) is 0.500. The molecule has 6 heteroatoms. The Labute approximate surface area is 155 Å². The lowest BCUT2D eigenvalue weighted by Crippen LogP contribution is -2.36. The molecule has 1 rings (SSSR count). The fourth-order valence-electron chi connectivity index (χ4n) is 2.25. The molecule has 1 amide bonds. The Kier molecular flexibility index (Phi) is 9.26. The Hall–Kier alpha value is -2.50. The summed E-state index contributed by atoms with van der Waals surface area (Å²) in [6, 6.07) is 5.30. The largest absolute Gasteiger partial charge is 0.493 e. The van der Waals surface area contributed by atoms with E-state index in [-0.39, 0.29) is 18.6 Å². The van der Waals surface area contributed by atoms with Gasteiger partial charge in [0.1, 0.15) is 0 Å². The van der Waals surface area contributed by atoms with E-state index in [1.807, 2.05) is 6.92 Å². The zero-order valence-corrected chi connectivity index (χ0v) is 16.2. The minimum Gasteiger partial charge on any atom is -0.493 e. The molecule has 0 radical (unpaired) electrons. The number of carbonyl (C=O) groups excluding carboxylic acids is 2. The van der Waals surface area contributed by atoms with Gasteiger partial charge in [0.2, 0.25) is 0 Å². The highest BCUT2D eigenvalue weighted by atomic mass is 16.5. The second kappa shape index (κ2) is 11.2. The van der Waals surface area contributed by atoms with E-state index in [1.165, 1.54) is 20.3 Å². The van der Waals surface area contributed by atoms with Crippen LogP contribution in [-0.4, -0.2) is 38.7 Å². The van der Waals surface area contributed by atoms with Crippen molar-refractivity contribution in [1.29, 1.82) is 0 Å². The van der Waals surface area contributed by atoms with Gasteiger partial charge in [0, 0.05) is 12.1 Å².